The molecule has 0 saturated heterocycles. The summed E-state index contributed by atoms with van der Waals surface area (Å²) in [5.74, 6) is 0.724. The smallest absolute Gasteiger partial charge is 0.256 e. The van der Waals surface area contributed by atoms with Crippen LogP contribution in [0, 0.1) is 0 Å². The molecule has 1 aliphatic rings. The number of benzene rings is 2. The molecule has 5 rings (SSSR count). The van der Waals surface area contributed by atoms with E-state index in [1.54, 1.807) is 30.5 Å². The molecular formula is C21H16FN3O2. The lowest BCUT2D eigenvalue weighted by atomic mass is 9.93. The molecule has 3 N–H and O–H groups in total. The van der Waals surface area contributed by atoms with Crippen LogP contribution in [0.25, 0.3) is 45.3 Å². The van der Waals surface area contributed by atoms with Gasteiger partial charge in [0.15, 0.2) is 0 Å². The van der Waals surface area contributed by atoms with Gasteiger partial charge in [0.25, 0.3) is 5.56 Å². The average Bonchev–Trinajstić information content (AvgIpc) is 3.06. The van der Waals surface area contributed by atoms with Gasteiger partial charge < -0.3 is 15.1 Å². The normalized spacial score (nSPS) is 18.9. The Balaban J connectivity index is 1.99. The summed E-state index contributed by atoms with van der Waals surface area (Å²) < 4.78 is 14.7. The number of rotatable bonds is 1. The zero-order valence-corrected chi connectivity index (χ0v) is 14.5. The van der Waals surface area contributed by atoms with Crippen molar-refractivity contribution in [1.82, 2.24) is 15.0 Å². The molecule has 5 nitrogen and oxygen atoms in total. The first-order valence-corrected chi connectivity index (χ1v) is 8.67. The number of aromatic amines is 2. The number of alkyl halides is 1. The summed E-state index contributed by atoms with van der Waals surface area (Å²) in [6.07, 6.45) is 5.13. The van der Waals surface area contributed by atoms with Crippen molar-refractivity contribution in [2.45, 2.75) is 19.0 Å². The molecule has 0 bridgehead atoms. The molecule has 0 aliphatic heterocycles. The highest BCUT2D eigenvalue weighted by molar-refractivity contribution is 6.05. The number of aromatic hydroxyl groups is 1. The van der Waals surface area contributed by atoms with Gasteiger partial charge in [-0.3, -0.25) is 4.79 Å². The fraction of sp³-hybridized carbons (Fsp3) is 0.143. The quantitative estimate of drug-likeness (QED) is 0.487. The van der Waals surface area contributed by atoms with Gasteiger partial charge in [0, 0.05) is 28.8 Å². The molecule has 6 heteroatoms. The second-order valence-corrected chi connectivity index (χ2v) is 7.11. The Kier molecular flexibility index (Phi) is 3.10. The first-order valence-electron chi connectivity index (χ1n) is 8.67. The van der Waals surface area contributed by atoms with E-state index in [1.807, 2.05) is 12.1 Å². The van der Waals surface area contributed by atoms with E-state index in [9.17, 15) is 14.3 Å². The molecule has 0 fully saturated rings. The molecule has 0 amide bonds. The number of pyridine rings is 1. The number of H-pyrrole nitrogens is 2. The van der Waals surface area contributed by atoms with Crippen LogP contribution >= 0.6 is 0 Å². The summed E-state index contributed by atoms with van der Waals surface area (Å²) in [5.41, 5.74) is 0.362. The Labute approximate surface area is 152 Å². The third-order valence-electron chi connectivity index (χ3n) is 5.02. The number of nitrogens with one attached hydrogen (secondary N) is 2. The van der Waals surface area contributed by atoms with Crippen LogP contribution in [0.3, 0.4) is 0 Å². The van der Waals surface area contributed by atoms with Crippen LogP contribution in [0.4, 0.5) is 4.39 Å². The minimum atomic E-state index is -1.51. The van der Waals surface area contributed by atoms with Crippen LogP contribution < -0.4 is 16.0 Å². The van der Waals surface area contributed by atoms with Gasteiger partial charge in [0.05, 0.1) is 16.4 Å². The monoisotopic (exact) mass is 361 g/mol. The summed E-state index contributed by atoms with van der Waals surface area (Å²) in [5, 5.41) is 12.2. The zero-order chi connectivity index (χ0) is 18.8. The van der Waals surface area contributed by atoms with Crippen molar-refractivity contribution < 1.29 is 9.50 Å². The third kappa shape index (κ3) is 2.37. The third-order valence-corrected chi connectivity index (χ3v) is 5.02. The SMILES string of the molecule is CC1(F)C=c2c(c3[nH]c(-c4cccc(O)c4)nc3c3cc[nH]c(=O)c23)=CC1. The molecule has 4 aromatic rings. The summed E-state index contributed by atoms with van der Waals surface area (Å²) in [4.78, 5) is 23.2. The van der Waals surface area contributed by atoms with Crippen LogP contribution in [-0.2, 0) is 0 Å². The second-order valence-electron chi connectivity index (χ2n) is 7.11. The van der Waals surface area contributed by atoms with Crippen molar-refractivity contribution in [2.24, 2.45) is 0 Å². The van der Waals surface area contributed by atoms with E-state index < -0.39 is 5.67 Å². The first kappa shape index (κ1) is 15.8. The Morgan fingerprint density at radius 1 is 1.26 bits per heavy atom. The van der Waals surface area contributed by atoms with Crippen molar-refractivity contribution >= 4 is 34.0 Å². The standard InChI is InChI=1S/C21H16FN3O2/c1-21(22)7-5-13-15(10-21)16-14(6-8-23-20(16)27)18-17(13)24-19(25-18)11-3-2-4-12(26)9-11/h2-6,8-10,26H,7H2,1H3,(H,23,27)(H,24,25). The highest BCUT2D eigenvalue weighted by atomic mass is 19.1. The highest BCUT2D eigenvalue weighted by Crippen LogP contribution is 2.26. The van der Waals surface area contributed by atoms with Crippen molar-refractivity contribution in [3.63, 3.8) is 0 Å². The predicted molar refractivity (Wildman–Crippen MR) is 104 cm³/mol. The summed E-state index contributed by atoms with van der Waals surface area (Å²) >= 11 is 0. The number of fused-ring (bicyclic) bond motifs is 6. The number of phenols is 1. The molecule has 1 unspecified atom stereocenters. The summed E-state index contributed by atoms with van der Waals surface area (Å²) in [6.45, 7) is 1.50. The van der Waals surface area contributed by atoms with E-state index >= 15 is 0 Å². The average molecular weight is 361 g/mol. The summed E-state index contributed by atoms with van der Waals surface area (Å²) in [6, 6.07) is 8.57. The molecule has 0 radical (unpaired) electrons. The van der Waals surface area contributed by atoms with Gasteiger partial charge >= 0.3 is 0 Å². The molecule has 2 heterocycles. The van der Waals surface area contributed by atoms with E-state index in [4.69, 9.17) is 4.98 Å². The maximum Gasteiger partial charge on any atom is 0.256 e. The molecule has 1 aliphatic carbocycles. The van der Waals surface area contributed by atoms with E-state index in [-0.39, 0.29) is 17.7 Å². The second kappa shape index (κ2) is 5.30. The van der Waals surface area contributed by atoms with E-state index in [2.05, 4.69) is 9.97 Å². The van der Waals surface area contributed by atoms with E-state index in [1.165, 1.54) is 13.0 Å². The van der Waals surface area contributed by atoms with Gasteiger partial charge in [-0.2, -0.15) is 0 Å². The lowest BCUT2D eigenvalue weighted by Gasteiger charge is -2.17. The zero-order valence-electron chi connectivity index (χ0n) is 14.5. The van der Waals surface area contributed by atoms with Gasteiger partial charge in [-0.15, -0.1) is 0 Å². The van der Waals surface area contributed by atoms with E-state index in [0.29, 0.717) is 27.3 Å². The van der Waals surface area contributed by atoms with Gasteiger partial charge in [-0.05, 0) is 36.4 Å². The van der Waals surface area contributed by atoms with Crippen LogP contribution in [0.1, 0.15) is 13.3 Å². The van der Waals surface area contributed by atoms with Crippen LogP contribution in [0.5, 0.6) is 5.75 Å². The number of phenolic OH excluding ortho intramolecular Hbond substituents is 1. The summed E-state index contributed by atoms with van der Waals surface area (Å²) in [7, 11) is 0. The van der Waals surface area contributed by atoms with Crippen LogP contribution in [0.15, 0.2) is 41.3 Å². The number of nitrogens with zero attached hydrogens (tertiary/aromatic N) is 1. The molecule has 27 heavy (non-hydrogen) atoms. The topological polar surface area (TPSA) is 81.8 Å². The number of imidazole rings is 1. The molecule has 0 spiro atoms. The largest absolute Gasteiger partial charge is 0.508 e. The maximum absolute atomic E-state index is 14.7. The number of hydrogen-bond donors (Lipinski definition) is 3. The van der Waals surface area contributed by atoms with Gasteiger partial charge in [0.2, 0.25) is 0 Å². The van der Waals surface area contributed by atoms with Crippen LogP contribution in [-0.4, -0.2) is 25.7 Å². The van der Waals surface area contributed by atoms with Gasteiger partial charge in [0.1, 0.15) is 17.2 Å². The molecule has 134 valence electrons. The van der Waals surface area contributed by atoms with Crippen molar-refractivity contribution in [3.05, 3.63) is 57.3 Å². The lowest BCUT2D eigenvalue weighted by Crippen LogP contribution is -2.37. The minimum absolute atomic E-state index is 0.143. The van der Waals surface area contributed by atoms with Gasteiger partial charge in [-0.25, -0.2) is 9.37 Å². The number of hydrogen-bond acceptors (Lipinski definition) is 3. The predicted octanol–water partition coefficient (Wildman–Crippen LogP) is 2.47. The molecular weight excluding hydrogens is 345 g/mol. The lowest BCUT2D eigenvalue weighted by molar-refractivity contribution is 0.287. The Bertz CT molecular complexity index is 1410. The minimum Gasteiger partial charge on any atom is -0.508 e. The Morgan fingerprint density at radius 2 is 2.11 bits per heavy atom. The fourth-order valence-corrected chi connectivity index (χ4v) is 3.79. The Hall–Kier alpha value is -3.41. The first-order chi connectivity index (χ1) is 12.9. The highest BCUT2D eigenvalue weighted by Gasteiger charge is 2.24. The van der Waals surface area contributed by atoms with Crippen molar-refractivity contribution in [3.8, 4) is 17.1 Å². The number of halogens is 1. The van der Waals surface area contributed by atoms with E-state index in [0.717, 1.165) is 16.3 Å². The fourth-order valence-electron chi connectivity index (χ4n) is 3.79. The number of aromatic nitrogens is 3. The van der Waals surface area contributed by atoms with Crippen molar-refractivity contribution in [1.29, 1.82) is 0 Å². The molecule has 2 aromatic carbocycles. The Morgan fingerprint density at radius 3 is 2.93 bits per heavy atom. The van der Waals surface area contributed by atoms with Gasteiger partial charge in [-0.1, -0.05) is 18.2 Å². The van der Waals surface area contributed by atoms with Crippen LogP contribution in [0.2, 0.25) is 0 Å². The maximum atomic E-state index is 14.7. The molecule has 0 saturated carbocycles. The molecule has 1 atom stereocenters. The molecule has 2 aromatic heterocycles. The van der Waals surface area contributed by atoms with Crippen molar-refractivity contribution in [2.75, 3.05) is 0 Å².